The molecule has 0 unspecified atom stereocenters. The third-order valence-electron chi connectivity index (χ3n) is 3.89. The third-order valence-corrected chi connectivity index (χ3v) is 5.67. The van der Waals surface area contributed by atoms with Gasteiger partial charge in [-0.05, 0) is 6.07 Å². The summed E-state index contributed by atoms with van der Waals surface area (Å²) in [6.45, 7) is 1.16. The van der Waals surface area contributed by atoms with E-state index in [1.165, 1.54) is 0 Å². The Hall–Kier alpha value is -2.02. The first-order valence-corrected chi connectivity index (χ1v) is 9.66. The molecule has 8 heteroatoms. The quantitative estimate of drug-likeness (QED) is 0.488. The summed E-state index contributed by atoms with van der Waals surface area (Å²) in [5.41, 5.74) is 3.08. The molecule has 0 amide bonds. The zero-order chi connectivity index (χ0) is 18.5. The maximum atomic E-state index is 6.09. The van der Waals surface area contributed by atoms with Gasteiger partial charge in [-0.2, -0.15) is 0 Å². The van der Waals surface area contributed by atoms with E-state index in [0.717, 1.165) is 22.0 Å². The molecule has 0 radical (unpaired) electrons. The van der Waals surface area contributed by atoms with Gasteiger partial charge in [0.05, 0.1) is 23.8 Å². The molecule has 0 saturated carbocycles. The molecular formula is C18H19Cl2N5S. The van der Waals surface area contributed by atoms with Crippen molar-refractivity contribution in [2.24, 2.45) is 12.0 Å². The Morgan fingerprint density at radius 3 is 2.58 bits per heavy atom. The van der Waals surface area contributed by atoms with Gasteiger partial charge in [0.2, 0.25) is 0 Å². The van der Waals surface area contributed by atoms with Crippen molar-refractivity contribution >= 4 is 40.5 Å². The highest BCUT2D eigenvalue weighted by Crippen LogP contribution is 2.25. The van der Waals surface area contributed by atoms with Gasteiger partial charge in [0.25, 0.3) is 0 Å². The molecule has 0 aliphatic rings. The van der Waals surface area contributed by atoms with E-state index < -0.39 is 0 Å². The molecule has 0 saturated heterocycles. The summed E-state index contributed by atoms with van der Waals surface area (Å²) in [5, 5.41) is 10.7. The zero-order valence-corrected chi connectivity index (χ0v) is 16.8. The monoisotopic (exact) mass is 407 g/mol. The first-order chi connectivity index (χ1) is 12.6. The fraction of sp³-hybridized carbons (Fsp3) is 0.222. The molecule has 0 bridgehead atoms. The van der Waals surface area contributed by atoms with Crippen molar-refractivity contribution < 1.29 is 0 Å². The highest BCUT2D eigenvalue weighted by Gasteiger charge is 2.10. The average molecular weight is 408 g/mol. The summed E-state index contributed by atoms with van der Waals surface area (Å²) in [5.74, 6) is 0.688. The Morgan fingerprint density at radius 1 is 1.19 bits per heavy atom. The second-order valence-electron chi connectivity index (χ2n) is 5.62. The Morgan fingerprint density at radius 2 is 1.92 bits per heavy atom. The van der Waals surface area contributed by atoms with Crippen LogP contribution in [0, 0.1) is 0 Å². The minimum Gasteiger partial charge on any atom is -0.351 e. The minimum absolute atomic E-state index is 0.530. The van der Waals surface area contributed by atoms with Crippen LogP contribution in [0.15, 0.2) is 46.8 Å². The predicted octanol–water partition coefficient (Wildman–Crippen LogP) is 4.32. The number of rotatable bonds is 5. The summed E-state index contributed by atoms with van der Waals surface area (Å²) < 4.78 is 1.84. The van der Waals surface area contributed by atoms with Crippen LogP contribution in [0.25, 0.3) is 10.6 Å². The summed E-state index contributed by atoms with van der Waals surface area (Å²) in [7, 11) is 3.61. The maximum Gasteiger partial charge on any atom is 0.191 e. The lowest BCUT2D eigenvalue weighted by atomic mass is 10.2. The van der Waals surface area contributed by atoms with E-state index in [2.05, 4.69) is 38.1 Å². The fourth-order valence-electron chi connectivity index (χ4n) is 2.43. The number of hydrogen-bond donors (Lipinski definition) is 2. The third kappa shape index (κ3) is 4.38. The van der Waals surface area contributed by atoms with E-state index in [0.29, 0.717) is 29.2 Å². The van der Waals surface area contributed by atoms with E-state index in [4.69, 9.17) is 23.2 Å². The Bertz CT molecular complexity index is 902. The second-order valence-corrected chi connectivity index (χ2v) is 7.25. The Kier molecular flexibility index (Phi) is 6.19. The molecular weight excluding hydrogens is 389 g/mol. The molecule has 2 aromatic heterocycles. The van der Waals surface area contributed by atoms with Crippen LogP contribution >= 0.6 is 34.5 Å². The number of benzene rings is 1. The van der Waals surface area contributed by atoms with E-state index in [1.807, 2.05) is 35.9 Å². The van der Waals surface area contributed by atoms with Crippen molar-refractivity contribution in [1.29, 1.82) is 0 Å². The Labute approximate surface area is 166 Å². The molecule has 3 rings (SSSR count). The van der Waals surface area contributed by atoms with Gasteiger partial charge in [-0.1, -0.05) is 53.5 Å². The number of aliphatic imine (C=N–C) groups is 1. The highest BCUT2D eigenvalue weighted by molar-refractivity contribution is 7.13. The number of halogens is 2. The molecule has 2 heterocycles. The van der Waals surface area contributed by atoms with Crippen LogP contribution < -0.4 is 10.6 Å². The average Bonchev–Trinajstić information content (AvgIpc) is 3.23. The number of nitrogens with zero attached hydrogens (tertiary/aromatic N) is 3. The minimum atomic E-state index is 0.530. The van der Waals surface area contributed by atoms with Gasteiger partial charge >= 0.3 is 0 Å². The van der Waals surface area contributed by atoms with Gasteiger partial charge in [0.1, 0.15) is 10.2 Å². The standard InChI is InChI=1S/C18H19Cl2N5S/c1-21-18(23-10-14-8-15(19)16(20)25(14)2)22-9-13-11-26-17(24-13)12-6-4-3-5-7-12/h3-8,11H,9-10H2,1-2H3,(H2,21,22,23). The number of hydrogen-bond acceptors (Lipinski definition) is 3. The van der Waals surface area contributed by atoms with Crippen LogP contribution in [-0.4, -0.2) is 22.6 Å². The van der Waals surface area contributed by atoms with Gasteiger partial charge in [-0.15, -0.1) is 11.3 Å². The smallest absolute Gasteiger partial charge is 0.191 e. The first-order valence-electron chi connectivity index (χ1n) is 8.02. The normalized spacial score (nSPS) is 11.6. The maximum absolute atomic E-state index is 6.09. The van der Waals surface area contributed by atoms with Crippen molar-refractivity contribution in [1.82, 2.24) is 20.2 Å². The SMILES string of the molecule is CN=C(NCc1csc(-c2ccccc2)n1)NCc1cc(Cl)c(Cl)n1C. The number of guanidine groups is 1. The number of nitrogens with one attached hydrogen (secondary N) is 2. The lowest BCUT2D eigenvalue weighted by Crippen LogP contribution is -2.36. The van der Waals surface area contributed by atoms with Crippen LogP contribution in [0.5, 0.6) is 0 Å². The van der Waals surface area contributed by atoms with Crippen LogP contribution in [0.1, 0.15) is 11.4 Å². The number of thiazole rings is 1. The van der Waals surface area contributed by atoms with Gasteiger partial charge in [0.15, 0.2) is 5.96 Å². The zero-order valence-electron chi connectivity index (χ0n) is 14.5. The molecule has 26 heavy (non-hydrogen) atoms. The van der Waals surface area contributed by atoms with Gasteiger partial charge in [-0.3, -0.25) is 4.99 Å². The molecule has 0 atom stereocenters. The van der Waals surface area contributed by atoms with Crippen molar-refractivity contribution in [2.75, 3.05) is 7.05 Å². The largest absolute Gasteiger partial charge is 0.351 e. The lowest BCUT2D eigenvalue weighted by Gasteiger charge is -2.11. The van der Waals surface area contributed by atoms with Gasteiger partial charge in [-0.25, -0.2) is 4.98 Å². The van der Waals surface area contributed by atoms with Crippen LogP contribution in [0.2, 0.25) is 10.2 Å². The van der Waals surface area contributed by atoms with Crippen LogP contribution in [0.4, 0.5) is 0 Å². The first kappa shape index (κ1) is 18.8. The topological polar surface area (TPSA) is 54.2 Å². The van der Waals surface area contributed by atoms with E-state index in [9.17, 15) is 0 Å². The Balaban J connectivity index is 1.56. The molecule has 0 spiro atoms. The summed E-state index contributed by atoms with van der Waals surface area (Å²) in [4.78, 5) is 8.91. The summed E-state index contributed by atoms with van der Waals surface area (Å²) >= 11 is 13.8. The number of aromatic nitrogens is 2. The molecule has 1 aromatic carbocycles. The van der Waals surface area contributed by atoms with E-state index in [-0.39, 0.29) is 0 Å². The van der Waals surface area contributed by atoms with Gasteiger partial charge < -0.3 is 15.2 Å². The predicted molar refractivity (Wildman–Crippen MR) is 110 cm³/mol. The van der Waals surface area contributed by atoms with Crippen molar-refractivity contribution in [3.8, 4) is 10.6 Å². The summed E-state index contributed by atoms with van der Waals surface area (Å²) in [6, 6.07) is 12.0. The van der Waals surface area contributed by atoms with E-state index >= 15 is 0 Å². The molecule has 3 aromatic rings. The van der Waals surface area contributed by atoms with Crippen molar-refractivity contribution in [3.05, 3.63) is 63.3 Å². The summed E-state index contributed by atoms with van der Waals surface area (Å²) in [6.07, 6.45) is 0. The van der Waals surface area contributed by atoms with Crippen LogP contribution in [-0.2, 0) is 20.1 Å². The molecule has 0 fully saturated rings. The van der Waals surface area contributed by atoms with Crippen molar-refractivity contribution in [3.63, 3.8) is 0 Å². The molecule has 0 aliphatic carbocycles. The fourth-order valence-corrected chi connectivity index (χ4v) is 3.67. The highest BCUT2D eigenvalue weighted by atomic mass is 35.5. The molecule has 5 nitrogen and oxygen atoms in total. The second kappa shape index (κ2) is 8.58. The molecule has 136 valence electrons. The van der Waals surface area contributed by atoms with Crippen LogP contribution in [0.3, 0.4) is 0 Å². The van der Waals surface area contributed by atoms with E-state index in [1.54, 1.807) is 18.4 Å². The lowest BCUT2D eigenvalue weighted by molar-refractivity contribution is 0.747. The van der Waals surface area contributed by atoms with Crippen molar-refractivity contribution in [2.45, 2.75) is 13.1 Å². The molecule has 2 N–H and O–H groups in total. The molecule has 0 aliphatic heterocycles. The van der Waals surface area contributed by atoms with Gasteiger partial charge in [0, 0.05) is 30.7 Å².